The lowest BCUT2D eigenvalue weighted by Gasteiger charge is -2.35. The Morgan fingerprint density at radius 1 is 0.875 bits per heavy atom. The van der Waals surface area contributed by atoms with Crippen LogP contribution < -0.4 is 4.57 Å². The SMILES string of the molecule is Cc1ccc2c(oc3cc4ccccc4cc32)c1-c1sc2c([n+]1C)C(C)(C)CCC2(C)C. The van der Waals surface area contributed by atoms with Crippen LogP contribution in [0.3, 0.4) is 0 Å². The Kier molecular flexibility index (Phi) is 4.03. The molecule has 2 nitrogen and oxygen atoms in total. The summed E-state index contributed by atoms with van der Waals surface area (Å²) in [6.07, 6.45) is 2.45. The van der Waals surface area contributed by atoms with Crippen molar-refractivity contribution in [2.24, 2.45) is 7.05 Å². The molecule has 0 bridgehead atoms. The second-order valence-electron chi connectivity index (χ2n) is 10.8. The van der Waals surface area contributed by atoms with E-state index in [1.807, 2.05) is 11.3 Å². The first-order valence-electron chi connectivity index (χ1n) is 11.6. The maximum absolute atomic E-state index is 6.61. The van der Waals surface area contributed by atoms with Crippen molar-refractivity contribution in [1.82, 2.24) is 0 Å². The minimum Gasteiger partial charge on any atom is -0.455 e. The molecule has 0 atom stereocenters. The van der Waals surface area contributed by atoms with Gasteiger partial charge in [-0.05, 0) is 62.1 Å². The number of hydrogen-bond acceptors (Lipinski definition) is 2. The zero-order chi connectivity index (χ0) is 22.4. The summed E-state index contributed by atoms with van der Waals surface area (Å²) in [5.41, 5.74) is 6.38. The number of nitrogens with zero attached hydrogens (tertiary/aromatic N) is 1. The van der Waals surface area contributed by atoms with Gasteiger partial charge in [-0.15, -0.1) is 0 Å². The highest BCUT2D eigenvalue weighted by Gasteiger charge is 2.47. The smallest absolute Gasteiger partial charge is 0.273 e. The molecule has 0 radical (unpaired) electrons. The number of aryl methyl sites for hydroxylation is 1. The first-order valence-corrected chi connectivity index (χ1v) is 12.4. The summed E-state index contributed by atoms with van der Waals surface area (Å²) >= 11 is 1.97. The molecule has 1 aliphatic rings. The Labute approximate surface area is 193 Å². The predicted molar refractivity (Wildman–Crippen MR) is 136 cm³/mol. The summed E-state index contributed by atoms with van der Waals surface area (Å²) in [7, 11) is 2.25. The lowest BCUT2D eigenvalue weighted by Crippen LogP contribution is -2.45. The lowest BCUT2D eigenvalue weighted by molar-refractivity contribution is -0.668. The Balaban J connectivity index is 1.69. The minimum absolute atomic E-state index is 0.182. The minimum atomic E-state index is 0.182. The van der Waals surface area contributed by atoms with Crippen LogP contribution >= 0.6 is 11.3 Å². The summed E-state index contributed by atoms with van der Waals surface area (Å²) in [6.45, 7) is 11.8. The van der Waals surface area contributed by atoms with Gasteiger partial charge in [0.1, 0.15) is 18.2 Å². The number of furan rings is 1. The maximum atomic E-state index is 6.61. The van der Waals surface area contributed by atoms with Crippen LogP contribution in [0.5, 0.6) is 0 Å². The van der Waals surface area contributed by atoms with E-state index in [-0.39, 0.29) is 10.8 Å². The molecule has 1 aliphatic carbocycles. The Morgan fingerprint density at radius 2 is 1.56 bits per heavy atom. The van der Waals surface area contributed by atoms with Crippen LogP contribution in [-0.2, 0) is 17.9 Å². The number of rotatable bonds is 1. The molecule has 0 spiro atoms. The molecule has 2 aromatic heterocycles. The normalized spacial score (nSPS) is 17.3. The molecule has 3 heteroatoms. The average Bonchev–Trinajstić information content (AvgIpc) is 3.28. The molecule has 0 fully saturated rings. The van der Waals surface area contributed by atoms with Crippen molar-refractivity contribution in [2.45, 2.75) is 58.3 Å². The highest BCUT2D eigenvalue weighted by atomic mass is 32.1. The van der Waals surface area contributed by atoms with Crippen LogP contribution in [-0.4, -0.2) is 0 Å². The molecule has 3 aromatic carbocycles. The van der Waals surface area contributed by atoms with Gasteiger partial charge in [-0.1, -0.05) is 61.6 Å². The van der Waals surface area contributed by atoms with Crippen LogP contribution in [0.1, 0.15) is 56.7 Å². The van der Waals surface area contributed by atoms with E-state index in [4.69, 9.17) is 4.42 Å². The van der Waals surface area contributed by atoms with Crippen molar-refractivity contribution in [3.8, 4) is 10.6 Å². The van der Waals surface area contributed by atoms with Crippen LogP contribution in [0.15, 0.2) is 52.9 Å². The van der Waals surface area contributed by atoms with E-state index in [1.54, 1.807) is 0 Å². The van der Waals surface area contributed by atoms with E-state index in [1.165, 1.54) is 61.1 Å². The summed E-state index contributed by atoms with van der Waals surface area (Å²) in [5, 5.41) is 6.19. The zero-order valence-electron chi connectivity index (χ0n) is 19.8. The van der Waals surface area contributed by atoms with Crippen LogP contribution in [0, 0.1) is 6.92 Å². The quantitative estimate of drug-likeness (QED) is 0.242. The average molecular weight is 441 g/mol. The molecule has 2 heterocycles. The maximum Gasteiger partial charge on any atom is 0.273 e. The van der Waals surface area contributed by atoms with Gasteiger partial charge in [0.05, 0.1) is 10.3 Å². The topological polar surface area (TPSA) is 17.0 Å². The predicted octanol–water partition coefficient (Wildman–Crippen LogP) is 7.95. The van der Waals surface area contributed by atoms with Crippen LogP contribution in [0.2, 0.25) is 0 Å². The van der Waals surface area contributed by atoms with Crippen LogP contribution in [0.25, 0.3) is 43.3 Å². The van der Waals surface area contributed by atoms with Gasteiger partial charge in [-0.2, -0.15) is 4.57 Å². The van der Waals surface area contributed by atoms with E-state index in [2.05, 4.69) is 94.8 Å². The molecule has 32 heavy (non-hydrogen) atoms. The summed E-state index contributed by atoms with van der Waals surface area (Å²) in [5.74, 6) is 0. The third-order valence-corrected chi connectivity index (χ3v) is 9.24. The van der Waals surface area contributed by atoms with Gasteiger partial charge in [-0.3, -0.25) is 0 Å². The number of fused-ring (bicyclic) bond motifs is 5. The van der Waals surface area contributed by atoms with Crippen molar-refractivity contribution in [3.05, 3.63) is 64.7 Å². The summed E-state index contributed by atoms with van der Waals surface area (Å²) in [4.78, 5) is 1.53. The first kappa shape index (κ1) is 20.0. The first-order chi connectivity index (χ1) is 15.2. The van der Waals surface area contributed by atoms with Gasteiger partial charge in [0.15, 0.2) is 5.58 Å². The standard InChI is InChI=1S/C29H30NOS/c1-17-11-12-20-21-15-18-9-7-8-10-19(18)16-22(21)31-24(20)23(17)27-30(6)25-26(32-27)29(4,5)14-13-28(25,2)3/h7-12,15-16H,13-14H2,1-6H3/q+1. The fourth-order valence-corrected chi connectivity index (χ4v) is 7.32. The van der Waals surface area contributed by atoms with Crippen LogP contribution in [0.4, 0.5) is 0 Å². The Hall–Kier alpha value is -2.65. The van der Waals surface area contributed by atoms with E-state index in [0.29, 0.717) is 0 Å². The van der Waals surface area contributed by atoms with Gasteiger partial charge in [-0.25, -0.2) is 0 Å². The van der Waals surface area contributed by atoms with Gasteiger partial charge >= 0.3 is 0 Å². The Bertz CT molecular complexity index is 1550. The molecular formula is C29H30NOS+. The molecule has 0 amide bonds. The fraction of sp³-hybridized carbons (Fsp3) is 0.345. The molecule has 0 saturated carbocycles. The number of benzene rings is 3. The van der Waals surface area contributed by atoms with E-state index in [9.17, 15) is 0 Å². The monoisotopic (exact) mass is 440 g/mol. The van der Waals surface area contributed by atoms with E-state index >= 15 is 0 Å². The molecule has 0 saturated heterocycles. The zero-order valence-corrected chi connectivity index (χ0v) is 20.6. The molecule has 162 valence electrons. The number of aromatic nitrogens is 1. The second kappa shape index (κ2) is 6.45. The van der Waals surface area contributed by atoms with Gasteiger partial charge in [0.2, 0.25) is 5.69 Å². The largest absolute Gasteiger partial charge is 0.455 e. The molecule has 6 rings (SSSR count). The fourth-order valence-electron chi connectivity index (χ4n) is 5.65. The Morgan fingerprint density at radius 3 is 2.28 bits per heavy atom. The van der Waals surface area contributed by atoms with Crippen molar-refractivity contribution >= 4 is 44.0 Å². The third kappa shape index (κ3) is 2.67. The number of hydrogen-bond donors (Lipinski definition) is 0. The molecular weight excluding hydrogens is 410 g/mol. The third-order valence-electron chi connectivity index (χ3n) is 7.61. The molecule has 5 aromatic rings. The van der Waals surface area contributed by atoms with Crippen molar-refractivity contribution in [1.29, 1.82) is 0 Å². The molecule has 0 N–H and O–H groups in total. The van der Waals surface area contributed by atoms with Gasteiger partial charge in [0.25, 0.3) is 5.01 Å². The van der Waals surface area contributed by atoms with Gasteiger partial charge < -0.3 is 4.42 Å². The lowest BCUT2D eigenvalue weighted by atomic mass is 9.69. The van der Waals surface area contributed by atoms with E-state index in [0.717, 1.165) is 11.2 Å². The second-order valence-corrected chi connectivity index (χ2v) is 11.8. The van der Waals surface area contributed by atoms with Gasteiger partial charge in [0, 0.05) is 16.2 Å². The number of thiazole rings is 1. The van der Waals surface area contributed by atoms with E-state index < -0.39 is 0 Å². The summed E-state index contributed by atoms with van der Waals surface area (Å²) < 4.78 is 9.08. The van der Waals surface area contributed by atoms with Crippen molar-refractivity contribution in [2.75, 3.05) is 0 Å². The molecule has 0 unspecified atom stereocenters. The van der Waals surface area contributed by atoms with Crippen molar-refractivity contribution in [3.63, 3.8) is 0 Å². The van der Waals surface area contributed by atoms with Crippen molar-refractivity contribution < 1.29 is 8.98 Å². The highest BCUT2D eigenvalue weighted by molar-refractivity contribution is 7.15. The summed E-state index contributed by atoms with van der Waals surface area (Å²) in [6, 6.07) is 17.5. The molecule has 0 aliphatic heterocycles. The highest BCUT2D eigenvalue weighted by Crippen LogP contribution is 2.50.